The Bertz CT molecular complexity index is 1230. The Labute approximate surface area is 218 Å². The van der Waals surface area contributed by atoms with E-state index in [4.69, 9.17) is 23.2 Å². The van der Waals surface area contributed by atoms with Crippen molar-refractivity contribution in [2.45, 2.75) is 20.0 Å². The lowest BCUT2D eigenvalue weighted by Crippen LogP contribution is -2.29. The molecule has 0 spiro atoms. The molecule has 1 aliphatic heterocycles. The Morgan fingerprint density at radius 3 is 2.53 bits per heavy atom. The fourth-order valence-corrected chi connectivity index (χ4v) is 5.02. The number of allylic oxidation sites excluding steroid dienone is 1. The fraction of sp³-hybridized carbons (Fsp3) is 0.174. The topological polar surface area (TPSA) is 94.5 Å². The lowest BCUT2D eigenvalue weighted by molar-refractivity contribution is -0.119. The van der Waals surface area contributed by atoms with Crippen LogP contribution in [-0.4, -0.2) is 22.4 Å². The zero-order valence-electron chi connectivity index (χ0n) is 18.2. The Hall–Kier alpha value is -2.76. The van der Waals surface area contributed by atoms with Crippen LogP contribution in [0, 0.1) is 0 Å². The number of hydrogen-bond acceptors (Lipinski definition) is 7. The second kappa shape index (κ2) is 11.6. The van der Waals surface area contributed by atoms with Gasteiger partial charge in [0.05, 0.1) is 12.2 Å². The summed E-state index contributed by atoms with van der Waals surface area (Å²) in [4.78, 5) is 21.5. The van der Waals surface area contributed by atoms with E-state index in [2.05, 4.69) is 29.1 Å². The fourth-order valence-electron chi connectivity index (χ4n) is 2.99. The Kier molecular flexibility index (Phi) is 8.30. The third-order valence-electron chi connectivity index (χ3n) is 4.66. The normalized spacial score (nSPS) is 12.7. The number of hydrogen-bond donors (Lipinski definition) is 3. The summed E-state index contributed by atoms with van der Waals surface area (Å²) in [6.07, 6.45) is 1.97. The molecular weight excluding hydrogens is 588 g/mol. The van der Waals surface area contributed by atoms with Crippen LogP contribution in [-0.2, 0) is 17.9 Å². The second-order valence-electron chi connectivity index (χ2n) is 7.42. The highest BCUT2D eigenvalue weighted by Gasteiger charge is 2.14. The van der Waals surface area contributed by atoms with E-state index in [0.717, 1.165) is 22.6 Å². The molecule has 176 valence electrons. The van der Waals surface area contributed by atoms with Crippen LogP contribution in [0.2, 0.25) is 10.0 Å². The zero-order chi connectivity index (χ0) is 23.9. The van der Waals surface area contributed by atoms with Gasteiger partial charge in [-0.3, -0.25) is 7.91 Å². The molecule has 0 aliphatic carbocycles. The predicted molar refractivity (Wildman–Crippen MR) is 145 cm³/mol. The van der Waals surface area contributed by atoms with Crippen molar-refractivity contribution in [3.8, 4) is 0 Å². The number of aromatic nitrogens is 2. The number of halogens is 3. The van der Waals surface area contributed by atoms with Gasteiger partial charge in [0.2, 0.25) is 11.9 Å². The number of benzene rings is 2. The second-order valence-corrected chi connectivity index (χ2v) is 10.2. The highest BCUT2D eigenvalue weighted by Crippen LogP contribution is 2.31. The molecule has 0 unspecified atom stereocenters. The van der Waals surface area contributed by atoms with Gasteiger partial charge in [0.15, 0.2) is 0 Å². The number of nitrogens with zero attached hydrogens (tertiary/aromatic N) is 4. The van der Waals surface area contributed by atoms with Crippen molar-refractivity contribution in [3.63, 3.8) is 0 Å². The number of carbonyl (C=O) groups is 1. The molecule has 3 N–H and O–H groups in total. The first-order valence-electron chi connectivity index (χ1n) is 10.4. The summed E-state index contributed by atoms with van der Waals surface area (Å²) in [6.45, 7) is 2.97. The van der Waals surface area contributed by atoms with Crippen LogP contribution in [0.3, 0.4) is 0 Å². The van der Waals surface area contributed by atoms with E-state index in [1.807, 2.05) is 58.7 Å². The highest BCUT2D eigenvalue weighted by atomic mass is 127. The Balaban J connectivity index is 1.42. The molecule has 0 bridgehead atoms. The maximum Gasteiger partial charge on any atom is 0.239 e. The number of anilines is 3. The zero-order valence-corrected chi connectivity index (χ0v) is 21.9. The van der Waals surface area contributed by atoms with Crippen molar-refractivity contribution >= 4 is 68.0 Å². The van der Waals surface area contributed by atoms with Crippen LogP contribution in [0.15, 0.2) is 69.6 Å². The first kappa shape index (κ1) is 24.4. The van der Waals surface area contributed by atoms with Gasteiger partial charge in [-0.05, 0) is 42.3 Å². The lowest BCUT2D eigenvalue weighted by atomic mass is 10.2. The van der Waals surface area contributed by atoms with Crippen LogP contribution < -0.4 is 19.1 Å². The summed E-state index contributed by atoms with van der Waals surface area (Å²) >= 11 is 11.4. The van der Waals surface area contributed by atoms with E-state index in [-0.39, 0.29) is 12.5 Å². The van der Waals surface area contributed by atoms with Gasteiger partial charge in [-0.1, -0.05) is 47.5 Å². The molecule has 2 aromatic carbocycles. The van der Waals surface area contributed by atoms with Crippen molar-refractivity contribution in [1.29, 1.82) is 0 Å². The molecule has 3 aromatic rings. The summed E-state index contributed by atoms with van der Waals surface area (Å²) < 4.78 is 6.53. The molecule has 0 saturated carbocycles. The average molecular weight is 610 g/mol. The van der Waals surface area contributed by atoms with E-state index in [9.17, 15) is 4.79 Å². The molecule has 8 nitrogen and oxygen atoms in total. The van der Waals surface area contributed by atoms with E-state index >= 15 is 0 Å². The molecule has 1 amide bonds. The van der Waals surface area contributed by atoms with Gasteiger partial charge in [0, 0.05) is 35.4 Å². The van der Waals surface area contributed by atoms with E-state index < -0.39 is 21.3 Å². The molecule has 11 heteroatoms. The molecule has 34 heavy (non-hydrogen) atoms. The summed E-state index contributed by atoms with van der Waals surface area (Å²) in [5, 5.41) is 10.6. The summed E-state index contributed by atoms with van der Waals surface area (Å²) in [5.41, 5.74) is 2.95. The largest absolute Gasteiger partial charge is 0.361 e. The first-order chi connectivity index (χ1) is 16.4. The molecule has 1 aliphatic rings. The monoisotopic (exact) mass is 609 g/mol. The molecule has 2 heterocycles. The van der Waals surface area contributed by atoms with Crippen molar-refractivity contribution in [1.82, 2.24) is 15.3 Å². The summed E-state index contributed by atoms with van der Waals surface area (Å²) in [7, 11) is 0. The Morgan fingerprint density at radius 2 is 1.79 bits per heavy atom. The van der Waals surface area contributed by atoms with Crippen LogP contribution in [0.1, 0.15) is 18.1 Å². The van der Waals surface area contributed by atoms with Crippen LogP contribution in [0.5, 0.6) is 0 Å². The molecule has 0 fully saturated rings. The minimum Gasteiger partial charge on any atom is -0.361 e. The third kappa shape index (κ3) is 7.12. The lowest BCUT2D eigenvalue weighted by Gasteiger charge is -2.14. The van der Waals surface area contributed by atoms with Gasteiger partial charge in [0.1, 0.15) is 32.9 Å². The van der Waals surface area contributed by atoms with Gasteiger partial charge < -0.3 is 16.0 Å². The minimum atomic E-state index is -0.570. The van der Waals surface area contributed by atoms with Crippen molar-refractivity contribution in [2.75, 3.05) is 20.3 Å². The molecule has 0 saturated heterocycles. The number of amides is 1. The smallest absolute Gasteiger partial charge is 0.239 e. The SMILES string of the molecule is CC1=CN(c2cc(NCC(=O)NCc3ccc(Cl)cc3)nc(NCc3cccc(Cl)c3)n2)I=N1. The van der Waals surface area contributed by atoms with E-state index in [1.165, 1.54) is 0 Å². The van der Waals surface area contributed by atoms with Crippen molar-refractivity contribution in [3.05, 3.63) is 87.7 Å². The molecule has 0 radical (unpaired) electrons. The Morgan fingerprint density at radius 1 is 0.971 bits per heavy atom. The summed E-state index contributed by atoms with van der Waals surface area (Å²) in [6, 6.07) is 16.8. The van der Waals surface area contributed by atoms with Crippen molar-refractivity contribution < 1.29 is 4.79 Å². The van der Waals surface area contributed by atoms with Crippen LogP contribution in [0.4, 0.5) is 17.6 Å². The third-order valence-corrected chi connectivity index (χ3v) is 7.36. The van der Waals surface area contributed by atoms with Crippen molar-refractivity contribution in [2.24, 2.45) is 3.15 Å². The van der Waals surface area contributed by atoms with Gasteiger partial charge in [0.25, 0.3) is 0 Å². The molecule has 4 rings (SSSR count). The molecular formula is C23H22Cl2IN7O. The standard InChI is InChI=1S/C23H22Cl2IN7O/c1-15-14-33(26-32-15)21-10-20(27-13-22(34)28-11-16-5-7-18(24)8-6-16)30-23(31-21)29-12-17-3-2-4-19(25)9-17/h2-10,14H,11-13H2,1H3,(H,28,34)(H2,27,29,30,31). The minimum absolute atomic E-state index is 0.0755. The van der Waals surface area contributed by atoms with Gasteiger partial charge in [-0.15, -0.1) is 0 Å². The van der Waals surface area contributed by atoms with E-state index in [0.29, 0.717) is 34.9 Å². The van der Waals surface area contributed by atoms with Crippen LogP contribution in [0.25, 0.3) is 0 Å². The van der Waals surface area contributed by atoms with Gasteiger partial charge >= 0.3 is 0 Å². The maximum absolute atomic E-state index is 12.4. The maximum atomic E-state index is 12.4. The number of rotatable bonds is 9. The quantitative estimate of drug-likeness (QED) is 0.207. The van der Waals surface area contributed by atoms with Gasteiger partial charge in [-0.2, -0.15) is 9.97 Å². The predicted octanol–water partition coefficient (Wildman–Crippen LogP) is 5.87. The summed E-state index contributed by atoms with van der Waals surface area (Å²) in [5.74, 6) is 1.56. The van der Waals surface area contributed by atoms with E-state index in [1.54, 1.807) is 12.1 Å². The van der Waals surface area contributed by atoms with Gasteiger partial charge in [-0.25, -0.2) is 3.15 Å². The molecule has 1 aromatic heterocycles. The average Bonchev–Trinajstić information content (AvgIpc) is 3.27. The number of nitrogens with one attached hydrogen (secondary N) is 3. The molecule has 0 atom stereocenters. The van der Waals surface area contributed by atoms with Crippen LogP contribution >= 0.6 is 44.5 Å². The number of carbonyl (C=O) groups excluding carboxylic acids is 1. The highest BCUT2D eigenvalue weighted by molar-refractivity contribution is 14.2. The first-order valence-corrected chi connectivity index (χ1v) is 13.1.